The van der Waals surface area contributed by atoms with Crippen molar-refractivity contribution in [2.24, 2.45) is 0 Å². The van der Waals surface area contributed by atoms with E-state index < -0.39 is 0 Å². The number of H-pyrrole nitrogens is 1. The van der Waals surface area contributed by atoms with Gasteiger partial charge >= 0.3 is 0 Å². The van der Waals surface area contributed by atoms with Crippen molar-refractivity contribution in [3.8, 4) is 11.4 Å². The molecule has 1 N–H and O–H groups in total. The zero-order valence-corrected chi connectivity index (χ0v) is 10.7. The molecule has 4 heteroatoms. The van der Waals surface area contributed by atoms with Crippen molar-refractivity contribution >= 4 is 23.3 Å². The van der Waals surface area contributed by atoms with E-state index in [2.05, 4.69) is 4.98 Å². The molecule has 3 rings (SSSR count). The minimum absolute atomic E-state index is 0.685. The van der Waals surface area contributed by atoms with Crippen molar-refractivity contribution < 1.29 is 4.74 Å². The minimum atomic E-state index is 0.685. The van der Waals surface area contributed by atoms with Crippen LogP contribution in [0.3, 0.4) is 0 Å². The maximum atomic E-state index is 5.38. The van der Waals surface area contributed by atoms with E-state index >= 15 is 0 Å². The van der Waals surface area contributed by atoms with Gasteiger partial charge in [0.25, 0.3) is 0 Å². The molecule has 0 aliphatic carbocycles. The first-order chi connectivity index (χ1) is 8.79. The van der Waals surface area contributed by atoms with Gasteiger partial charge in [0, 0.05) is 6.07 Å². The van der Waals surface area contributed by atoms with E-state index in [1.54, 1.807) is 7.11 Å². The number of para-hydroxylation sites is 2. The molecule has 0 saturated heterocycles. The molecule has 3 aromatic rings. The molecule has 0 aliphatic rings. The van der Waals surface area contributed by atoms with Crippen LogP contribution in [0.1, 0.15) is 0 Å². The van der Waals surface area contributed by atoms with Crippen molar-refractivity contribution in [3.63, 3.8) is 0 Å². The molecule has 0 radical (unpaired) electrons. The second-order valence-electron chi connectivity index (χ2n) is 3.98. The molecular weight excluding hydrogens is 244 g/mol. The van der Waals surface area contributed by atoms with E-state index in [1.165, 1.54) is 0 Å². The Hall–Kier alpha value is -2.07. The number of hydrogen-bond acceptors (Lipinski definition) is 2. The van der Waals surface area contributed by atoms with Gasteiger partial charge in [0.2, 0.25) is 0 Å². The van der Waals surface area contributed by atoms with Crippen LogP contribution in [-0.4, -0.2) is 16.7 Å². The van der Waals surface area contributed by atoms with Crippen molar-refractivity contribution in [2.45, 2.75) is 0 Å². The Labute approximate surface area is 110 Å². The van der Waals surface area contributed by atoms with Gasteiger partial charge in [-0.05, 0) is 36.5 Å². The van der Waals surface area contributed by atoms with Crippen molar-refractivity contribution in [1.29, 1.82) is 0 Å². The van der Waals surface area contributed by atoms with Gasteiger partial charge in [0.05, 0.1) is 23.8 Å². The van der Waals surface area contributed by atoms with Crippen LogP contribution in [0.25, 0.3) is 16.7 Å². The van der Waals surface area contributed by atoms with Crippen molar-refractivity contribution in [3.05, 3.63) is 53.3 Å². The van der Waals surface area contributed by atoms with Gasteiger partial charge in [0.1, 0.15) is 5.75 Å². The first-order valence-corrected chi connectivity index (χ1v) is 6.04. The molecule has 90 valence electrons. The summed E-state index contributed by atoms with van der Waals surface area (Å²) in [6.07, 6.45) is 0. The largest absolute Gasteiger partial charge is 0.497 e. The summed E-state index contributed by atoms with van der Waals surface area (Å²) < 4.78 is 7.94. The molecule has 3 nitrogen and oxygen atoms in total. The number of imidazole rings is 1. The summed E-state index contributed by atoms with van der Waals surface area (Å²) in [6.45, 7) is 0. The molecular formula is C14H12N2OS. The van der Waals surface area contributed by atoms with E-state index in [0.29, 0.717) is 4.77 Å². The summed E-state index contributed by atoms with van der Waals surface area (Å²) in [6, 6.07) is 15.9. The third-order valence-electron chi connectivity index (χ3n) is 2.90. The predicted octanol–water partition coefficient (Wildman–Crippen LogP) is 3.70. The topological polar surface area (TPSA) is 29.9 Å². The number of aromatic amines is 1. The number of benzene rings is 2. The highest BCUT2D eigenvalue weighted by Crippen LogP contribution is 2.22. The highest BCUT2D eigenvalue weighted by molar-refractivity contribution is 7.71. The van der Waals surface area contributed by atoms with E-state index in [9.17, 15) is 0 Å². The highest BCUT2D eigenvalue weighted by Gasteiger charge is 2.06. The van der Waals surface area contributed by atoms with Crippen LogP contribution in [0.2, 0.25) is 0 Å². The number of aromatic nitrogens is 2. The monoisotopic (exact) mass is 256 g/mol. The number of ether oxygens (including phenoxy) is 1. The second-order valence-corrected chi connectivity index (χ2v) is 4.37. The molecule has 0 fully saturated rings. The summed E-state index contributed by atoms with van der Waals surface area (Å²) in [4.78, 5) is 3.20. The summed E-state index contributed by atoms with van der Waals surface area (Å²) in [5.41, 5.74) is 3.10. The average molecular weight is 256 g/mol. The number of hydrogen-bond donors (Lipinski definition) is 1. The molecule has 0 unspecified atom stereocenters. The molecule has 0 amide bonds. The standard InChI is InChI=1S/C14H12N2OS/c1-17-11-6-4-5-10(9-11)16-13-8-3-2-7-12(13)15-14(16)18/h2-9H,1H3,(H,15,18). The van der Waals surface area contributed by atoms with Gasteiger partial charge < -0.3 is 9.72 Å². The van der Waals surface area contributed by atoms with E-state index in [-0.39, 0.29) is 0 Å². The summed E-state index contributed by atoms with van der Waals surface area (Å²) in [5.74, 6) is 0.819. The fraction of sp³-hybridized carbons (Fsp3) is 0.0714. The first kappa shape index (κ1) is 11.0. The van der Waals surface area contributed by atoms with Gasteiger partial charge in [-0.2, -0.15) is 0 Å². The molecule has 0 saturated carbocycles. The average Bonchev–Trinajstić information content (AvgIpc) is 2.74. The Bertz CT molecular complexity index is 758. The van der Waals surface area contributed by atoms with Crippen LogP contribution in [0.15, 0.2) is 48.5 Å². The molecule has 2 aromatic carbocycles. The molecule has 0 spiro atoms. The number of fused-ring (bicyclic) bond motifs is 1. The smallest absolute Gasteiger partial charge is 0.182 e. The lowest BCUT2D eigenvalue weighted by atomic mass is 10.2. The van der Waals surface area contributed by atoms with Gasteiger partial charge in [-0.3, -0.25) is 4.57 Å². The van der Waals surface area contributed by atoms with Gasteiger partial charge in [-0.15, -0.1) is 0 Å². The van der Waals surface area contributed by atoms with Crippen LogP contribution in [-0.2, 0) is 0 Å². The lowest BCUT2D eigenvalue weighted by Crippen LogP contribution is -1.94. The Kier molecular flexibility index (Phi) is 2.64. The van der Waals surface area contributed by atoms with Crippen molar-refractivity contribution in [2.75, 3.05) is 7.11 Å². The zero-order valence-electron chi connectivity index (χ0n) is 9.88. The third-order valence-corrected chi connectivity index (χ3v) is 3.19. The maximum Gasteiger partial charge on any atom is 0.182 e. The lowest BCUT2D eigenvalue weighted by Gasteiger charge is -2.06. The molecule has 1 aromatic heterocycles. The quantitative estimate of drug-likeness (QED) is 0.709. The summed E-state index contributed by atoms with van der Waals surface area (Å²) in [5, 5.41) is 0. The highest BCUT2D eigenvalue weighted by atomic mass is 32.1. The number of nitrogens with zero attached hydrogens (tertiary/aromatic N) is 1. The number of rotatable bonds is 2. The Morgan fingerprint density at radius 3 is 2.78 bits per heavy atom. The molecule has 1 heterocycles. The second kappa shape index (κ2) is 4.31. The van der Waals surface area contributed by atoms with Gasteiger partial charge in [0.15, 0.2) is 4.77 Å². The van der Waals surface area contributed by atoms with Crippen LogP contribution >= 0.6 is 12.2 Å². The normalized spacial score (nSPS) is 10.7. The lowest BCUT2D eigenvalue weighted by molar-refractivity contribution is 0.414. The number of methoxy groups -OCH3 is 1. The summed E-state index contributed by atoms with van der Waals surface area (Å²) >= 11 is 5.38. The minimum Gasteiger partial charge on any atom is -0.497 e. The van der Waals surface area contributed by atoms with Crippen LogP contribution < -0.4 is 4.74 Å². The maximum absolute atomic E-state index is 5.38. The Morgan fingerprint density at radius 2 is 1.94 bits per heavy atom. The molecule has 0 atom stereocenters. The fourth-order valence-electron chi connectivity index (χ4n) is 2.06. The predicted molar refractivity (Wildman–Crippen MR) is 75.0 cm³/mol. The third kappa shape index (κ3) is 1.71. The molecule has 0 aliphatic heterocycles. The van der Waals surface area contributed by atoms with Gasteiger partial charge in [-0.25, -0.2) is 0 Å². The molecule has 0 bridgehead atoms. The Morgan fingerprint density at radius 1 is 1.11 bits per heavy atom. The van der Waals surface area contributed by atoms with E-state index in [4.69, 9.17) is 17.0 Å². The Balaban J connectivity index is 2.30. The van der Waals surface area contributed by atoms with Crippen LogP contribution in [0.4, 0.5) is 0 Å². The van der Waals surface area contributed by atoms with Crippen LogP contribution in [0, 0.1) is 4.77 Å². The fourth-order valence-corrected chi connectivity index (χ4v) is 2.37. The van der Waals surface area contributed by atoms with Crippen LogP contribution in [0.5, 0.6) is 5.75 Å². The van der Waals surface area contributed by atoms with Gasteiger partial charge in [-0.1, -0.05) is 18.2 Å². The zero-order chi connectivity index (χ0) is 12.5. The molecule has 18 heavy (non-hydrogen) atoms. The number of nitrogens with one attached hydrogen (secondary N) is 1. The SMILES string of the molecule is COc1cccc(-n2c(=S)[nH]c3ccccc32)c1. The summed E-state index contributed by atoms with van der Waals surface area (Å²) in [7, 11) is 1.66. The van der Waals surface area contributed by atoms with E-state index in [1.807, 2.05) is 53.1 Å². The first-order valence-electron chi connectivity index (χ1n) is 5.64. The van der Waals surface area contributed by atoms with Crippen molar-refractivity contribution in [1.82, 2.24) is 9.55 Å². The van der Waals surface area contributed by atoms with E-state index in [0.717, 1.165) is 22.5 Å².